The van der Waals surface area contributed by atoms with Crippen molar-refractivity contribution in [3.63, 3.8) is 0 Å². The predicted molar refractivity (Wildman–Crippen MR) is 86.7 cm³/mol. The second-order valence-electron chi connectivity index (χ2n) is 5.08. The molecule has 1 atom stereocenters. The lowest BCUT2D eigenvalue weighted by Gasteiger charge is -2.21. The van der Waals surface area contributed by atoms with Crippen LogP contribution >= 0.6 is 22.9 Å². The van der Waals surface area contributed by atoms with Gasteiger partial charge in [-0.05, 0) is 23.8 Å². The summed E-state index contributed by atoms with van der Waals surface area (Å²) in [4.78, 5) is 9.81. The van der Waals surface area contributed by atoms with Gasteiger partial charge in [0.1, 0.15) is 17.3 Å². The summed E-state index contributed by atoms with van der Waals surface area (Å²) in [6.07, 6.45) is 3.71. The molecule has 0 saturated carbocycles. The molecule has 0 aliphatic carbocycles. The van der Waals surface area contributed by atoms with Crippen molar-refractivity contribution in [3.05, 3.63) is 39.4 Å². The largest absolute Gasteiger partial charge is 0.362 e. The van der Waals surface area contributed by atoms with Crippen LogP contribution in [-0.2, 0) is 0 Å². The van der Waals surface area contributed by atoms with Crippen LogP contribution in [0.3, 0.4) is 0 Å². The fourth-order valence-electron chi connectivity index (χ4n) is 2.23. The van der Waals surface area contributed by atoms with Crippen molar-refractivity contribution < 1.29 is 0 Å². The molecule has 0 aliphatic rings. The third kappa shape index (κ3) is 3.49. The monoisotopic (exact) mass is 309 g/mol. The third-order valence-corrected chi connectivity index (χ3v) is 4.47. The van der Waals surface area contributed by atoms with Gasteiger partial charge in [-0.3, -0.25) is 0 Å². The smallest absolute Gasteiger partial charge is 0.138 e. The number of hydrogen-bond donors (Lipinski definition) is 1. The van der Waals surface area contributed by atoms with Gasteiger partial charge < -0.3 is 5.32 Å². The van der Waals surface area contributed by atoms with E-state index in [2.05, 4.69) is 53.6 Å². The van der Waals surface area contributed by atoms with Crippen LogP contribution < -0.4 is 5.32 Å². The van der Waals surface area contributed by atoms with Gasteiger partial charge >= 0.3 is 0 Å². The molecule has 2 aromatic heterocycles. The number of thiophene rings is 1. The van der Waals surface area contributed by atoms with Crippen molar-refractivity contribution in [2.24, 2.45) is 0 Å². The highest BCUT2D eigenvalue weighted by Crippen LogP contribution is 2.32. The van der Waals surface area contributed by atoms with Gasteiger partial charge in [0.15, 0.2) is 0 Å². The Balaban J connectivity index is 2.29. The molecule has 0 amide bonds. The number of nitrogens with one attached hydrogen (secondary N) is 1. The van der Waals surface area contributed by atoms with Crippen LogP contribution in [0.4, 0.5) is 5.82 Å². The summed E-state index contributed by atoms with van der Waals surface area (Å²) >= 11 is 7.99. The highest BCUT2D eigenvalue weighted by molar-refractivity contribution is 7.10. The lowest BCUT2D eigenvalue weighted by molar-refractivity contribution is 0.680. The van der Waals surface area contributed by atoms with Crippen LogP contribution in [0.2, 0.25) is 5.15 Å². The van der Waals surface area contributed by atoms with Gasteiger partial charge in [0, 0.05) is 10.4 Å². The average molecular weight is 310 g/mol. The van der Waals surface area contributed by atoms with Gasteiger partial charge in [-0.15, -0.1) is 11.3 Å². The van der Waals surface area contributed by atoms with E-state index in [-0.39, 0.29) is 12.0 Å². The van der Waals surface area contributed by atoms with Crippen LogP contribution in [0.25, 0.3) is 0 Å². The van der Waals surface area contributed by atoms with Crippen molar-refractivity contribution in [2.45, 2.75) is 45.6 Å². The van der Waals surface area contributed by atoms with Crippen molar-refractivity contribution in [3.8, 4) is 0 Å². The molecule has 0 fully saturated rings. The van der Waals surface area contributed by atoms with Gasteiger partial charge in [-0.1, -0.05) is 44.9 Å². The van der Waals surface area contributed by atoms with E-state index in [4.69, 9.17) is 11.6 Å². The van der Waals surface area contributed by atoms with Gasteiger partial charge in [0.2, 0.25) is 0 Å². The Kier molecular flexibility index (Phi) is 5.38. The summed E-state index contributed by atoms with van der Waals surface area (Å²) in [6.45, 7) is 6.41. The zero-order valence-electron chi connectivity index (χ0n) is 12.1. The average Bonchev–Trinajstić information content (AvgIpc) is 2.91. The molecule has 0 saturated heterocycles. The Hall–Kier alpha value is -1.13. The molecule has 5 heteroatoms. The molecular formula is C15H20ClN3S. The Morgan fingerprint density at radius 1 is 1.35 bits per heavy atom. The summed E-state index contributed by atoms with van der Waals surface area (Å²) in [5.74, 6) is 1.14. The number of nitrogens with zero attached hydrogens (tertiary/aromatic N) is 2. The van der Waals surface area contributed by atoms with E-state index in [1.165, 1.54) is 11.2 Å². The molecule has 20 heavy (non-hydrogen) atoms. The van der Waals surface area contributed by atoms with Crippen molar-refractivity contribution in [1.82, 2.24) is 9.97 Å². The van der Waals surface area contributed by atoms with Crippen LogP contribution in [0.5, 0.6) is 0 Å². The highest BCUT2D eigenvalue weighted by atomic mass is 35.5. The number of aromatic nitrogens is 2. The van der Waals surface area contributed by atoms with Gasteiger partial charge in [0.25, 0.3) is 0 Å². The minimum Gasteiger partial charge on any atom is -0.362 e. The van der Waals surface area contributed by atoms with E-state index in [0.717, 1.165) is 24.2 Å². The van der Waals surface area contributed by atoms with E-state index in [9.17, 15) is 0 Å². The normalized spacial score (nSPS) is 12.7. The molecule has 1 N–H and O–H groups in total. The second-order valence-corrected chi connectivity index (χ2v) is 6.42. The topological polar surface area (TPSA) is 37.8 Å². The van der Waals surface area contributed by atoms with E-state index in [1.54, 1.807) is 11.3 Å². The fourth-order valence-corrected chi connectivity index (χ4v) is 3.39. The fraction of sp³-hybridized carbons (Fsp3) is 0.467. The molecule has 0 bridgehead atoms. The predicted octanol–water partition coefficient (Wildman–Crippen LogP) is 5.27. The minimum absolute atomic E-state index is 0.281. The number of rotatable bonds is 6. The Morgan fingerprint density at radius 2 is 2.15 bits per heavy atom. The minimum atomic E-state index is 0.281. The summed E-state index contributed by atoms with van der Waals surface area (Å²) in [5, 5.41) is 6.20. The first-order chi connectivity index (χ1) is 9.63. The molecule has 2 heterocycles. The van der Waals surface area contributed by atoms with E-state index in [1.807, 2.05) is 0 Å². The zero-order chi connectivity index (χ0) is 14.5. The summed E-state index contributed by atoms with van der Waals surface area (Å²) in [7, 11) is 0. The van der Waals surface area contributed by atoms with Crippen LogP contribution in [-0.4, -0.2) is 9.97 Å². The maximum atomic E-state index is 6.22. The molecule has 0 spiro atoms. The van der Waals surface area contributed by atoms with Crippen molar-refractivity contribution in [2.75, 3.05) is 5.32 Å². The molecule has 3 nitrogen and oxygen atoms in total. The Morgan fingerprint density at radius 3 is 2.75 bits per heavy atom. The number of anilines is 1. The number of hydrogen-bond acceptors (Lipinski definition) is 4. The second kappa shape index (κ2) is 7.04. The quantitative estimate of drug-likeness (QED) is 0.739. The summed E-state index contributed by atoms with van der Waals surface area (Å²) < 4.78 is 0. The third-order valence-electron chi connectivity index (χ3n) is 3.19. The SMILES string of the molecule is CCCC(Nc1ncnc(Cl)c1C(C)C)c1cccs1. The molecule has 0 radical (unpaired) electrons. The first-order valence-electron chi connectivity index (χ1n) is 6.93. The van der Waals surface area contributed by atoms with E-state index in [0.29, 0.717) is 5.15 Å². The van der Waals surface area contributed by atoms with Crippen molar-refractivity contribution >= 4 is 28.8 Å². The maximum Gasteiger partial charge on any atom is 0.138 e. The van der Waals surface area contributed by atoms with E-state index >= 15 is 0 Å². The molecule has 2 aromatic rings. The first kappa shape index (κ1) is 15.3. The first-order valence-corrected chi connectivity index (χ1v) is 8.19. The molecule has 2 rings (SSSR count). The lowest BCUT2D eigenvalue weighted by atomic mass is 10.0. The molecular weight excluding hydrogens is 290 g/mol. The Bertz CT molecular complexity index is 540. The lowest BCUT2D eigenvalue weighted by Crippen LogP contribution is -2.13. The van der Waals surface area contributed by atoms with Crippen LogP contribution in [0, 0.1) is 0 Å². The van der Waals surface area contributed by atoms with Gasteiger partial charge in [-0.2, -0.15) is 0 Å². The summed E-state index contributed by atoms with van der Waals surface area (Å²) in [5.41, 5.74) is 0.992. The standard InChI is InChI=1S/C15H20ClN3S/c1-4-6-11(12-7-5-8-20-12)19-15-13(10(2)3)14(16)17-9-18-15/h5,7-11H,4,6H2,1-3H3,(H,17,18,19). The molecule has 108 valence electrons. The molecule has 0 aromatic carbocycles. The highest BCUT2D eigenvalue weighted by Gasteiger charge is 2.18. The van der Waals surface area contributed by atoms with Crippen LogP contribution in [0.15, 0.2) is 23.8 Å². The number of halogens is 1. The Labute approximate surface area is 129 Å². The summed E-state index contributed by atoms with van der Waals surface area (Å²) in [6, 6.07) is 4.53. The van der Waals surface area contributed by atoms with Gasteiger partial charge in [0.05, 0.1) is 6.04 Å². The van der Waals surface area contributed by atoms with Crippen LogP contribution in [0.1, 0.15) is 56.0 Å². The van der Waals surface area contributed by atoms with E-state index < -0.39 is 0 Å². The maximum absolute atomic E-state index is 6.22. The molecule has 0 aliphatic heterocycles. The van der Waals surface area contributed by atoms with Crippen molar-refractivity contribution in [1.29, 1.82) is 0 Å². The zero-order valence-corrected chi connectivity index (χ0v) is 13.6. The van der Waals surface area contributed by atoms with Gasteiger partial charge in [-0.25, -0.2) is 9.97 Å². The molecule has 1 unspecified atom stereocenters.